The van der Waals surface area contributed by atoms with Gasteiger partial charge in [0.15, 0.2) is 0 Å². The minimum atomic E-state index is 0.169. The maximum Gasteiger partial charge on any atom is 0.253 e. The molecule has 104 valence electrons. The van der Waals surface area contributed by atoms with Crippen LogP contribution in [0.15, 0.2) is 22.7 Å². The summed E-state index contributed by atoms with van der Waals surface area (Å²) in [4.78, 5) is 14.5. The van der Waals surface area contributed by atoms with Gasteiger partial charge in [0.2, 0.25) is 0 Å². The Kier molecular flexibility index (Phi) is 4.05. The molecule has 19 heavy (non-hydrogen) atoms. The number of amides is 1. The van der Waals surface area contributed by atoms with E-state index in [1.807, 2.05) is 30.0 Å². The summed E-state index contributed by atoms with van der Waals surface area (Å²) in [6.07, 6.45) is 1.12. The van der Waals surface area contributed by atoms with Gasteiger partial charge in [0.1, 0.15) is 0 Å². The van der Waals surface area contributed by atoms with Gasteiger partial charge in [-0.3, -0.25) is 4.79 Å². The molecule has 1 amide bonds. The van der Waals surface area contributed by atoms with Crippen LogP contribution in [0, 0.1) is 18.3 Å². The topological polar surface area (TPSA) is 20.3 Å². The van der Waals surface area contributed by atoms with Crippen molar-refractivity contribution >= 4 is 21.8 Å². The molecule has 1 saturated heterocycles. The minimum absolute atomic E-state index is 0.169. The minimum Gasteiger partial charge on any atom is -0.338 e. The van der Waals surface area contributed by atoms with Gasteiger partial charge in [-0.1, -0.05) is 36.7 Å². The molecular weight excluding hydrogens is 302 g/mol. The zero-order chi connectivity index (χ0) is 14.2. The van der Waals surface area contributed by atoms with Gasteiger partial charge < -0.3 is 4.90 Å². The van der Waals surface area contributed by atoms with E-state index in [4.69, 9.17) is 0 Å². The number of hydrogen-bond acceptors (Lipinski definition) is 1. The first-order chi connectivity index (χ1) is 8.79. The van der Waals surface area contributed by atoms with Crippen LogP contribution in [-0.4, -0.2) is 23.9 Å². The maximum absolute atomic E-state index is 12.5. The van der Waals surface area contributed by atoms with Gasteiger partial charge in [0.25, 0.3) is 5.91 Å². The third-order valence-electron chi connectivity index (χ3n) is 4.11. The monoisotopic (exact) mass is 323 g/mol. The number of aryl methyl sites for hydroxylation is 1. The molecule has 1 aliphatic rings. The highest BCUT2D eigenvalue weighted by Crippen LogP contribution is 2.34. The number of carbonyl (C=O) groups excluding carboxylic acids is 1. The quantitative estimate of drug-likeness (QED) is 0.756. The predicted molar refractivity (Wildman–Crippen MR) is 82.3 cm³/mol. The summed E-state index contributed by atoms with van der Waals surface area (Å²) in [6, 6.07) is 5.83. The van der Waals surface area contributed by atoms with Crippen molar-refractivity contribution < 1.29 is 4.79 Å². The van der Waals surface area contributed by atoms with Crippen LogP contribution >= 0.6 is 15.9 Å². The molecule has 1 aromatic carbocycles. The Morgan fingerprint density at radius 2 is 2.05 bits per heavy atom. The van der Waals surface area contributed by atoms with E-state index >= 15 is 0 Å². The Morgan fingerprint density at radius 3 is 2.58 bits per heavy atom. The van der Waals surface area contributed by atoms with E-state index in [9.17, 15) is 4.79 Å². The van der Waals surface area contributed by atoms with Gasteiger partial charge in [0, 0.05) is 23.1 Å². The lowest BCUT2D eigenvalue weighted by Gasteiger charge is -2.27. The molecule has 1 aromatic rings. The third-order valence-corrected chi connectivity index (χ3v) is 4.99. The Bertz CT molecular complexity index is 490. The highest BCUT2D eigenvalue weighted by Gasteiger charge is 2.34. The summed E-state index contributed by atoms with van der Waals surface area (Å²) >= 11 is 3.47. The van der Waals surface area contributed by atoms with Crippen LogP contribution in [0.4, 0.5) is 0 Å². The van der Waals surface area contributed by atoms with Crippen molar-refractivity contribution in [2.45, 2.75) is 34.1 Å². The maximum atomic E-state index is 12.5. The van der Waals surface area contributed by atoms with Crippen molar-refractivity contribution in [3.8, 4) is 0 Å². The van der Waals surface area contributed by atoms with Crippen molar-refractivity contribution in [2.75, 3.05) is 13.1 Å². The number of benzene rings is 1. The van der Waals surface area contributed by atoms with Crippen molar-refractivity contribution in [1.82, 2.24) is 4.90 Å². The van der Waals surface area contributed by atoms with E-state index in [-0.39, 0.29) is 11.3 Å². The Labute approximate surface area is 124 Å². The highest BCUT2D eigenvalue weighted by atomic mass is 79.9. The Balaban J connectivity index is 2.11. The van der Waals surface area contributed by atoms with Crippen LogP contribution in [0.25, 0.3) is 0 Å². The molecule has 1 unspecified atom stereocenters. The van der Waals surface area contributed by atoms with E-state index in [1.54, 1.807) is 0 Å². The van der Waals surface area contributed by atoms with E-state index in [1.165, 1.54) is 0 Å². The molecule has 3 heteroatoms. The van der Waals surface area contributed by atoms with Gasteiger partial charge in [-0.25, -0.2) is 0 Å². The van der Waals surface area contributed by atoms with Gasteiger partial charge in [-0.2, -0.15) is 0 Å². The average Bonchev–Trinajstić information content (AvgIpc) is 2.81. The molecule has 0 radical (unpaired) electrons. The van der Waals surface area contributed by atoms with Crippen LogP contribution in [0.3, 0.4) is 0 Å². The molecule has 1 atom stereocenters. The van der Waals surface area contributed by atoms with Gasteiger partial charge in [0.05, 0.1) is 0 Å². The number of rotatable bonds is 1. The first-order valence-corrected chi connectivity index (χ1v) is 7.64. The van der Waals surface area contributed by atoms with Crippen LogP contribution < -0.4 is 0 Å². The van der Waals surface area contributed by atoms with Crippen molar-refractivity contribution in [1.29, 1.82) is 0 Å². The van der Waals surface area contributed by atoms with Crippen LogP contribution in [0.2, 0.25) is 0 Å². The van der Waals surface area contributed by atoms with Crippen molar-refractivity contribution in [3.05, 3.63) is 33.8 Å². The largest absolute Gasteiger partial charge is 0.338 e. The van der Waals surface area contributed by atoms with Crippen molar-refractivity contribution in [2.24, 2.45) is 11.3 Å². The molecule has 0 spiro atoms. The van der Waals surface area contributed by atoms with Gasteiger partial charge >= 0.3 is 0 Å². The summed E-state index contributed by atoms with van der Waals surface area (Å²) in [5.74, 6) is 0.773. The normalized spacial score (nSPS) is 19.8. The lowest BCUT2D eigenvalue weighted by atomic mass is 9.80. The summed E-state index contributed by atoms with van der Waals surface area (Å²) in [5, 5.41) is 0. The molecule has 1 heterocycles. The molecule has 0 bridgehead atoms. The summed E-state index contributed by atoms with van der Waals surface area (Å²) in [7, 11) is 0. The highest BCUT2D eigenvalue weighted by molar-refractivity contribution is 9.10. The molecular formula is C16H22BrNO. The third kappa shape index (κ3) is 3.19. The fraction of sp³-hybridized carbons (Fsp3) is 0.562. The summed E-state index contributed by atoms with van der Waals surface area (Å²) < 4.78 is 1.05. The van der Waals surface area contributed by atoms with Crippen LogP contribution in [0.1, 0.15) is 43.1 Å². The number of carbonyl (C=O) groups is 1. The average molecular weight is 324 g/mol. The van der Waals surface area contributed by atoms with E-state index < -0.39 is 0 Å². The van der Waals surface area contributed by atoms with Crippen LogP contribution in [-0.2, 0) is 0 Å². The number of likely N-dealkylation sites (tertiary alicyclic amines) is 1. The molecule has 1 aliphatic heterocycles. The predicted octanol–water partition coefficient (Wildman–Crippen LogP) is 4.27. The molecule has 1 fully saturated rings. The van der Waals surface area contributed by atoms with Crippen molar-refractivity contribution in [3.63, 3.8) is 0 Å². The first-order valence-electron chi connectivity index (χ1n) is 6.84. The molecule has 0 N–H and O–H groups in total. The van der Waals surface area contributed by atoms with E-state index in [2.05, 4.69) is 36.7 Å². The van der Waals surface area contributed by atoms with Crippen LogP contribution in [0.5, 0.6) is 0 Å². The fourth-order valence-electron chi connectivity index (χ4n) is 2.61. The molecule has 2 rings (SSSR count). The second-order valence-corrected chi connectivity index (χ2v) is 7.42. The second-order valence-electron chi connectivity index (χ2n) is 6.57. The first kappa shape index (κ1) is 14.6. The zero-order valence-electron chi connectivity index (χ0n) is 12.2. The molecule has 0 aromatic heterocycles. The Morgan fingerprint density at radius 1 is 1.37 bits per heavy atom. The number of hydrogen-bond donors (Lipinski definition) is 0. The SMILES string of the molecule is Cc1cc(C(=O)N2CCC(C(C)(C)C)C2)ccc1Br. The number of halogens is 1. The van der Waals surface area contributed by atoms with E-state index in [0.29, 0.717) is 5.92 Å². The Hall–Kier alpha value is -0.830. The zero-order valence-corrected chi connectivity index (χ0v) is 13.8. The van der Waals surface area contributed by atoms with Gasteiger partial charge in [-0.15, -0.1) is 0 Å². The number of nitrogens with zero attached hydrogens (tertiary/aromatic N) is 1. The molecule has 0 aliphatic carbocycles. The summed E-state index contributed by atoms with van der Waals surface area (Å²) in [6.45, 7) is 10.6. The van der Waals surface area contributed by atoms with E-state index in [0.717, 1.165) is 35.1 Å². The fourth-order valence-corrected chi connectivity index (χ4v) is 2.86. The molecule has 0 saturated carbocycles. The summed E-state index contributed by atoms with van der Waals surface area (Å²) in [5.41, 5.74) is 2.19. The second kappa shape index (κ2) is 5.28. The standard InChI is InChI=1S/C16H22BrNO/c1-11-9-12(5-6-14(11)17)15(19)18-8-7-13(10-18)16(2,3)4/h5-6,9,13H,7-8,10H2,1-4H3. The smallest absolute Gasteiger partial charge is 0.253 e. The van der Waals surface area contributed by atoms with Gasteiger partial charge in [-0.05, 0) is 48.4 Å². The lowest BCUT2D eigenvalue weighted by Crippen LogP contribution is -2.31. The lowest BCUT2D eigenvalue weighted by molar-refractivity contribution is 0.0776. The molecule has 2 nitrogen and oxygen atoms in total.